The molecule has 0 saturated heterocycles. The number of nitrogens with zero attached hydrogens (tertiary/aromatic N) is 1. The first-order valence-electron chi connectivity index (χ1n) is 5.01. The molecule has 5 heteroatoms. The fourth-order valence-corrected chi connectivity index (χ4v) is 3.84. The summed E-state index contributed by atoms with van der Waals surface area (Å²) < 4.78 is 0.968. The molecule has 0 N–H and O–H groups in total. The number of fused-ring (bicyclic) bond motifs is 1. The van der Waals surface area contributed by atoms with Crippen LogP contribution < -0.4 is 0 Å². The zero-order chi connectivity index (χ0) is 11.0. The summed E-state index contributed by atoms with van der Waals surface area (Å²) in [6, 6.07) is 8.07. The highest BCUT2D eigenvalue weighted by atomic mass is 79.9. The van der Waals surface area contributed by atoms with Crippen LogP contribution in [0.5, 0.6) is 0 Å². The fraction of sp³-hybridized carbons (Fsp3) is 0.167. The zero-order valence-electron chi connectivity index (χ0n) is 8.83. The number of thioether (sulfide) groups is 1. The van der Waals surface area contributed by atoms with Gasteiger partial charge in [0.1, 0.15) is 0 Å². The summed E-state index contributed by atoms with van der Waals surface area (Å²) in [7, 11) is 0. The maximum absolute atomic E-state index is 11.9. The molecule has 0 fully saturated rings. The Morgan fingerprint density at radius 1 is 1.35 bits per heavy atom. The number of rotatable bonds is 2. The van der Waals surface area contributed by atoms with Gasteiger partial charge in [0.2, 0.25) is 0 Å². The van der Waals surface area contributed by atoms with Gasteiger partial charge in [0.05, 0.1) is 5.25 Å². The number of Topliss-reactive ketones (excluding diaryl/α,β-unsaturated/α-hetero) is 1. The van der Waals surface area contributed by atoms with E-state index in [1.165, 1.54) is 5.56 Å². The molecule has 0 amide bonds. The third kappa shape index (κ3) is 2.46. The van der Waals surface area contributed by atoms with E-state index in [4.69, 9.17) is 0 Å². The number of carbonyl (C=O) groups excluding carboxylic acids is 1. The molecule has 3 rings (SSSR count). The van der Waals surface area contributed by atoms with Gasteiger partial charge in [-0.15, -0.1) is 28.3 Å². The van der Waals surface area contributed by atoms with Gasteiger partial charge in [0.15, 0.2) is 10.1 Å². The molecule has 1 aromatic carbocycles. The molecule has 17 heavy (non-hydrogen) atoms. The lowest BCUT2D eigenvalue weighted by atomic mass is 10.1. The van der Waals surface area contributed by atoms with Crippen molar-refractivity contribution < 1.29 is 4.79 Å². The molecule has 0 saturated carbocycles. The van der Waals surface area contributed by atoms with Gasteiger partial charge in [0.25, 0.3) is 0 Å². The molecule has 0 spiro atoms. The van der Waals surface area contributed by atoms with Gasteiger partial charge >= 0.3 is 0 Å². The standard InChI is InChI=1S/C12H9NOS2.BrH/c14-10-7-8-3-1-2-4-9(8)11(10)16-12-13-5-6-15-12;/h1-6,11H,7H2;1H. The van der Waals surface area contributed by atoms with Crippen LogP contribution in [0.4, 0.5) is 0 Å². The van der Waals surface area contributed by atoms with Crippen molar-refractivity contribution in [2.24, 2.45) is 0 Å². The molecule has 0 bridgehead atoms. The Kier molecular flexibility index (Phi) is 4.01. The monoisotopic (exact) mass is 327 g/mol. The number of hydrogen-bond acceptors (Lipinski definition) is 4. The van der Waals surface area contributed by atoms with Crippen LogP contribution in [-0.4, -0.2) is 10.8 Å². The summed E-state index contributed by atoms with van der Waals surface area (Å²) in [6.07, 6.45) is 2.34. The zero-order valence-corrected chi connectivity index (χ0v) is 12.2. The minimum absolute atomic E-state index is 0. The van der Waals surface area contributed by atoms with Gasteiger partial charge in [-0.05, 0) is 11.1 Å². The molecule has 1 aliphatic carbocycles. The summed E-state index contributed by atoms with van der Waals surface area (Å²) in [4.78, 5) is 16.1. The van der Waals surface area contributed by atoms with Crippen molar-refractivity contribution >= 4 is 45.9 Å². The smallest absolute Gasteiger partial charge is 0.155 e. The Labute approximate surface area is 118 Å². The maximum atomic E-state index is 11.9. The molecule has 1 aliphatic rings. The van der Waals surface area contributed by atoms with Crippen molar-refractivity contribution in [1.82, 2.24) is 4.98 Å². The van der Waals surface area contributed by atoms with Gasteiger partial charge in [-0.3, -0.25) is 4.79 Å². The lowest BCUT2D eigenvalue weighted by molar-refractivity contribution is -0.117. The summed E-state index contributed by atoms with van der Waals surface area (Å²) in [5.41, 5.74) is 2.33. The molecule has 1 unspecified atom stereocenters. The maximum Gasteiger partial charge on any atom is 0.155 e. The van der Waals surface area contributed by atoms with Crippen molar-refractivity contribution in [3.05, 3.63) is 47.0 Å². The van der Waals surface area contributed by atoms with E-state index in [0.29, 0.717) is 12.2 Å². The number of thiazole rings is 1. The van der Waals surface area contributed by atoms with Crippen molar-refractivity contribution in [2.45, 2.75) is 16.0 Å². The van der Waals surface area contributed by atoms with Crippen LogP contribution in [0.2, 0.25) is 0 Å². The molecule has 1 atom stereocenters. The molecular formula is C12H10BrNOS2. The van der Waals surface area contributed by atoms with Gasteiger partial charge in [0, 0.05) is 18.0 Å². The molecular weight excluding hydrogens is 318 g/mol. The lowest BCUT2D eigenvalue weighted by Gasteiger charge is -2.06. The predicted octanol–water partition coefficient (Wildman–Crippen LogP) is 3.68. The van der Waals surface area contributed by atoms with E-state index in [1.807, 2.05) is 29.6 Å². The molecule has 1 aromatic heterocycles. The first-order chi connectivity index (χ1) is 7.84. The van der Waals surface area contributed by atoms with Crippen LogP contribution in [0.3, 0.4) is 0 Å². The van der Waals surface area contributed by atoms with E-state index in [0.717, 1.165) is 9.90 Å². The molecule has 2 aromatic rings. The fourth-order valence-electron chi connectivity index (χ4n) is 1.90. The van der Waals surface area contributed by atoms with Crippen molar-refractivity contribution in [3.8, 4) is 0 Å². The van der Waals surface area contributed by atoms with Crippen molar-refractivity contribution in [2.75, 3.05) is 0 Å². The van der Waals surface area contributed by atoms with Crippen LogP contribution >= 0.6 is 40.1 Å². The topological polar surface area (TPSA) is 30.0 Å². The van der Waals surface area contributed by atoms with E-state index in [2.05, 4.69) is 4.98 Å². The minimum Gasteiger partial charge on any atom is -0.298 e. The van der Waals surface area contributed by atoms with Crippen LogP contribution in [-0.2, 0) is 11.2 Å². The second kappa shape index (κ2) is 5.33. The largest absolute Gasteiger partial charge is 0.298 e. The summed E-state index contributed by atoms with van der Waals surface area (Å²) >= 11 is 3.15. The Morgan fingerprint density at radius 3 is 2.94 bits per heavy atom. The Hall–Kier alpha value is -0.650. The van der Waals surface area contributed by atoms with E-state index in [-0.39, 0.29) is 22.2 Å². The van der Waals surface area contributed by atoms with Crippen LogP contribution in [0, 0.1) is 0 Å². The summed E-state index contributed by atoms with van der Waals surface area (Å²) in [5, 5.41) is 1.88. The molecule has 88 valence electrons. The third-order valence-electron chi connectivity index (χ3n) is 2.62. The number of ketones is 1. The minimum atomic E-state index is -0.0534. The Morgan fingerprint density at radius 2 is 2.18 bits per heavy atom. The number of carbonyl (C=O) groups is 1. The van der Waals surface area contributed by atoms with Crippen molar-refractivity contribution in [3.63, 3.8) is 0 Å². The Balaban J connectivity index is 0.00000108. The highest BCUT2D eigenvalue weighted by Gasteiger charge is 2.31. The molecule has 1 heterocycles. The highest BCUT2D eigenvalue weighted by molar-refractivity contribution is 8.93. The van der Waals surface area contributed by atoms with Gasteiger partial charge in [-0.25, -0.2) is 4.98 Å². The molecule has 0 aliphatic heterocycles. The third-order valence-corrected chi connectivity index (χ3v) is 4.82. The number of benzene rings is 1. The average molecular weight is 328 g/mol. The molecule has 2 nitrogen and oxygen atoms in total. The van der Waals surface area contributed by atoms with Crippen LogP contribution in [0.1, 0.15) is 16.4 Å². The quantitative estimate of drug-likeness (QED) is 0.842. The SMILES string of the molecule is Br.O=C1Cc2ccccc2C1Sc1nccs1. The van der Waals surface area contributed by atoms with Gasteiger partial charge < -0.3 is 0 Å². The molecule has 0 radical (unpaired) electrons. The lowest BCUT2D eigenvalue weighted by Crippen LogP contribution is -2.01. The van der Waals surface area contributed by atoms with E-state index < -0.39 is 0 Å². The van der Waals surface area contributed by atoms with E-state index >= 15 is 0 Å². The van der Waals surface area contributed by atoms with Gasteiger partial charge in [-0.1, -0.05) is 36.0 Å². The summed E-state index contributed by atoms with van der Waals surface area (Å²) in [5.74, 6) is 0.293. The van der Waals surface area contributed by atoms with Crippen LogP contribution in [0.15, 0.2) is 40.2 Å². The number of hydrogen-bond donors (Lipinski definition) is 0. The van der Waals surface area contributed by atoms with E-state index in [1.54, 1.807) is 29.3 Å². The van der Waals surface area contributed by atoms with Crippen molar-refractivity contribution in [1.29, 1.82) is 0 Å². The Bertz CT molecular complexity index is 527. The summed E-state index contributed by atoms with van der Waals surface area (Å²) in [6.45, 7) is 0. The van der Waals surface area contributed by atoms with Crippen LogP contribution in [0.25, 0.3) is 0 Å². The number of aromatic nitrogens is 1. The first kappa shape index (κ1) is 12.8. The average Bonchev–Trinajstić information content (AvgIpc) is 2.89. The second-order valence-corrected chi connectivity index (χ2v) is 5.88. The highest BCUT2D eigenvalue weighted by Crippen LogP contribution is 2.42. The number of halogens is 1. The van der Waals surface area contributed by atoms with E-state index in [9.17, 15) is 4.79 Å². The van der Waals surface area contributed by atoms with Gasteiger partial charge in [-0.2, -0.15) is 0 Å². The normalized spacial score (nSPS) is 17.6. The second-order valence-electron chi connectivity index (χ2n) is 3.64. The predicted molar refractivity (Wildman–Crippen MR) is 76.2 cm³/mol. The first-order valence-corrected chi connectivity index (χ1v) is 6.77.